The highest BCUT2D eigenvalue weighted by Crippen LogP contribution is 2.22. The fraction of sp³-hybridized carbons (Fsp3) is 0.389. The van der Waals surface area contributed by atoms with Gasteiger partial charge >= 0.3 is 0 Å². The third-order valence-corrected chi connectivity index (χ3v) is 4.50. The molecule has 0 bridgehead atoms. The van der Waals surface area contributed by atoms with Gasteiger partial charge in [-0.15, -0.1) is 0 Å². The van der Waals surface area contributed by atoms with E-state index in [9.17, 15) is 9.59 Å². The number of carbonyl (C=O) groups is 1. The second-order valence-corrected chi connectivity index (χ2v) is 6.14. The first kappa shape index (κ1) is 15.5. The predicted octanol–water partition coefficient (Wildman–Crippen LogP) is 1.88. The maximum atomic E-state index is 12.5. The van der Waals surface area contributed by atoms with E-state index >= 15 is 0 Å². The largest absolute Gasteiger partial charge is 0.338 e. The van der Waals surface area contributed by atoms with Crippen molar-refractivity contribution >= 4 is 5.91 Å². The van der Waals surface area contributed by atoms with Crippen LogP contribution in [0.5, 0.6) is 0 Å². The molecule has 0 saturated carbocycles. The number of carbonyl (C=O) groups excluding carboxylic acids is 1. The van der Waals surface area contributed by atoms with Gasteiger partial charge in [0.25, 0.3) is 11.5 Å². The van der Waals surface area contributed by atoms with Gasteiger partial charge in [0.15, 0.2) is 0 Å². The molecule has 5 heteroatoms. The second kappa shape index (κ2) is 6.77. The van der Waals surface area contributed by atoms with Crippen LogP contribution in [0.4, 0.5) is 0 Å². The molecule has 0 aromatic carbocycles. The summed E-state index contributed by atoms with van der Waals surface area (Å²) in [5.74, 6) is 0.424. The summed E-state index contributed by atoms with van der Waals surface area (Å²) >= 11 is 0. The van der Waals surface area contributed by atoms with Gasteiger partial charge in [0.1, 0.15) is 5.56 Å². The molecule has 0 radical (unpaired) electrons. The molecule has 1 amide bonds. The summed E-state index contributed by atoms with van der Waals surface area (Å²) < 4.78 is 1.45. The van der Waals surface area contributed by atoms with E-state index in [4.69, 9.17) is 0 Å². The summed E-state index contributed by atoms with van der Waals surface area (Å²) in [5, 5.41) is 0. The average Bonchev–Trinajstić information content (AvgIpc) is 2.58. The number of piperidine rings is 1. The number of pyridine rings is 2. The van der Waals surface area contributed by atoms with Crippen molar-refractivity contribution in [3.05, 3.63) is 64.3 Å². The van der Waals surface area contributed by atoms with Gasteiger partial charge in [-0.2, -0.15) is 0 Å². The summed E-state index contributed by atoms with van der Waals surface area (Å²) in [5.41, 5.74) is 1.28. The maximum Gasteiger partial charge on any atom is 0.263 e. The van der Waals surface area contributed by atoms with Crippen LogP contribution in [0, 0.1) is 5.92 Å². The van der Waals surface area contributed by atoms with E-state index in [0.717, 1.165) is 19.3 Å². The molecule has 0 N–H and O–H groups in total. The van der Waals surface area contributed by atoms with Crippen molar-refractivity contribution in [3.63, 3.8) is 0 Å². The van der Waals surface area contributed by atoms with Gasteiger partial charge < -0.3 is 9.47 Å². The van der Waals surface area contributed by atoms with Gasteiger partial charge in [-0.05, 0) is 48.9 Å². The standard InChI is InChI=1S/C18H21N3O2/c1-20-9-3-5-16(17(20)22)18(23)21-10-6-14(7-11-21)12-15-4-2-8-19-13-15/h2-5,8-9,13-14H,6-7,10-12H2,1H3. The van der Waals surface area contributed by atoms with Crippen molar-refractivity contribution in [2.45, 2.75) is 19.3 Å². The van der Waals surface area contributed by atoms with Gasteiger partial charge in [0.2, 0.25) is 0 Å². The number of amides is 1. The molecular weight excluding hydrogens is 290 g/mol. The Bertz CT molecular complexity index is 731. The first-order valence-electron chi connectivity index (χ1n) is 7.99. The number of hydrogen-bond donors (Lipinski definition) is 0. The molecule has 0 unspecified atom stereocenters. The van der Waals surface area contributed by atoms with Crippen molar-refractivity contribution in [3.8, 4) is 0 Å². The highest BCUT2D eigenvalue weighted by molar-refractivity contribution is 5.93. The monoisotopic (exact) mass is 311 g/mol. The third-order valence-electron chi connectivity index (χ3n) is 4.50. The summed E-state index contributed by atoms with van der Waals surface area (Å²) in [4.78, 5) is 30.6. The number of aryl methyl sites for hydroxylation is 1. The van der Waals surface area contributed by atoms with Gasteiger partial charge in [-0.3, -0.25) is 14.6 Å². The summed E-state index contributed by atoms with van der Waals surface area (Å²) in [7, 11) is 1.67. The fourth-order valence-corrected chi connectivity index (χ4v) is 3.12. The topological polar surface area (TPSA) is 55.2 Å². The normalized spacial score (nSPS) is 15.6. The van der Waals surface area contributed by atoms with Crippen molar-refractivity contribution in [2.24, 2.45) is 13.0 Å². The molecule has 1 saturated heterocycles. The van der Waals surface area contributed by atoms with Gasteiger partial charge in [-0.25, -0.2) is 0 Å². The minimum atomic E-state index is -0.227. The minimum absolute atomic E-state index is 0.147. The van der Waals surface area contributed by atoms with E-state index in [-0.39, 0.29) is 17.0 Å². The van der Waals surface area contributed by atoms with Crippen LogP contribution in [0.1, 0.15) is 28.8 Å². The number of aromatic nitrogens is 2. The zero-order valence-corrected chi connectivity index (χ0v) is 13.3. The van der Waals surface area contributed by atoms with Crippen molar-refractivity contribution in [2.75, 3.05) is 13.1 Å². The molecule has 1 fully saturated rings. The van der Waals surface area contributed by atoms with E-state index in [1.54, 1.807) is 36.5 Å². The van der Waals surface area contributed by atoms with Crippen LogP contribution in [0.15, 0.2) is 47.7 Å². The summed E-state index contributed by atoms with van der Waals surface area (Å²) in [6.07, 6.45) is 8.29. The lowest BCUT2D eigenvalue weighted by Crippen LogP contribution is -2.41. The Kier molecular flexibility index (Phi) is 4.55. The van der Waals surface area contributed by atoms with Crippen molar-refractivity contribution in [1.29, 1.82) is 0 Å². The van der Waals surface area contributed by atoms with E-state index in [2.05, 4.69) is 11.1 Å². The molecule has 3 rings (SSSR count). The lowest BCUT2D eigenvalue weighted by atomic mass is 9.90. The Balaban J connectivity index is 1.61. The van der Waals surface area contributed by atoms with E-state index in [0.29, 0.717) is 19.0 Å². The second-order valence-electron chi connectivity index (χ2n) is 6.14. The summed E-state index contributed by atoms with van der Waals surface area (Å²) in [6, 6.07) is 7.41. The Morgan fingerprint density at radius 2 is 2.04 bits per heavy atom. The number of hydrogen-bond acceptors (Lipinski definition) is 3. The van der Waals surface area contributed by atoms with E-state index in [1.165, 1.54) is 10.1 Å². The lowest BCUT2D eigenvalue weighted by Gasteiger charge is -2.32. The van der Waals surface area contributed by atoms with Gasteiger partial charge in [-0.1, -0.05) is 6.07 Å². The molecule has 120 valence electrons. The SMILES string of the molecule is Cn1cccc(C(=O)N2CCC(Cc3cccnc3)CC2)c1=O. The quantitative estimate of drug-likeness (QED) is 0.869. The van der Waals surface area contributed by atoms with Crippen LogP contribution in [0.25, 0.3) is 0 Å². The predicted molar refractivity (Wildman–Crippen MR) is 88.3 cm³/mol. The summed E-state index contributed by atoms with van der Waals surface area (Å²) in [6.45, 7) is 1.42. The Hall–Kier alpha value is -2.43. The average molecular weight is 311 g/mol. The molecule has 5 nitrogen and oxygen atoms in total. The third kappa shape index (κ3) is 3.50. The highest BCUT2D eigenvalue weighted by atomic mass is 16.2. The number of likely N-dealkylation sites (tertiary alicyclic amines) is 1. The Morgan fingerprint density at radius 3 is 2.74 bits per heavy atom. The highest BCUT2D eigenvalue weighted by Gasteiger charge is 2.25. The molecule has 0 spiro atoms. The molecule has 2 aromatic heterocycles. The fourth-order valence-electron chi connectivity index (χ4n) is 3.12. The molecule has 1 aliphatic rings. The molecule has 1 aliphatic heterocycles. The van der Waals surface area contributed by atoms with Crippen LogP contribution >= 0.6 is 0 Å². The number of rotatable bonds is 3. The molecule has 2 aromatic rings. The van der Waals surface area contributed by atoms with Crippen molar-refractivity contribution < 1.29 is 4.79 Å². The van der Waals surface area contributed by atoms with Crippen LogP contribution in [-0.2, 0) is 13.5 Å². The van der Waals surface area contributed by atoms with E-state index < -0.39 is 0 Å². The molecular formula is C18H21N3O2. The molecule has 0 aliphatic carbocycles. The maximum absolute atomic E-state index is 12.5. The number of nitrogens with zero attached hydrogens (tertiary/aromatic N) is 3. The first-order chi connectivity index (χ1) is 11.1. The zero-order chi connectivity index (χ0) is 16.2. The van der Waals surface area contributed by atoms with Gasteiger partial charge in [0.05, 0.1) is 0 Å². The van der Waals surface area contributed by atoms with E-state index in [1.807, 2.05) is 12.3 Å². The minimum Gasteiger partial charge on any atom is -0.338 e. The smallest absolute Gasteiger partial charge is 0.263 e. The zero-order valence-electron chi connectivity index (χ0n) is 13.3. The van der Waals surface area contributed by atoms with Crippen LogP contribution < -0.4 is 5.56 Å². The molecule has 3 heterocycles. The Morgan fingerprint density at radius 1 is 1.26 bits per heavy atom. The van der Waals surface area contributed by atoms with Gasteiger partial charge in [0, 0.05) is 38.7 Å². The van der Waals surface area contributed by atoms with Crippen molar-refractivity contribution in [1.82, 2.24) is 14.5 Å². The molecule has 0 atom stereocenters. The lowest BCUT2D eigenvalue weighted by molar-refractivity contribution is 0.0688. The Labute approximate surface area is 135 Å². The van der Waals surface area contributed by atoms with Crippen LogP contribution in [-0.4, -0.2) is 33.4 Å². The molecule has 23 heavy (non-hydrogen) atoms. The van der Waals surface area contributed by atoms with Crippen LogP contribution in [0.2, 0.25) is 0 Å². The first-order valence-corrected chi connectivity index (χ1v) is 7.99. The van der Waals surface area contributed by atoms with Crippen LogP contribution in [0.3, 0.4) is 0 Å².